The molecule has 8 heteroatoms. The third-order valence-electron chi connectivity index (χ3n) is 5.09. The van der Waals surface area contributed by atoms with E-state index in [2.05, 4.69) is 10.6 Å². The van der Waals surface area contributed by atoms with Crippen LogP contribution in [0.2, 0.25) is 0 Å². The molecule has 8 nitrogen and oxygen atoms in total. The van der Waals surface area contributed by atoms with Crippen molar-refractivity contribution in [2.45, 2.75) is 40.5 Å². The van der Waals surface area contributed by atoms with Crippen LogP contribution in [0.5, 0.6) is 5.88 Å². The van der Waals surface area contributed by atoms with E-state index in [9.17, 15) is 19.5 Å². The third-order valence-corrected chi connectivity index (χ3v) is 5.09. The highest BCUT2D eigenvalue weighted by molar-refractivity contribution is 6.11. The van der Waals surface area contributed by atoms with Gasteiger partial charge in [0, 0.05) is 24.0 Å². The molecule has 2 amide bonds. The number of carbonyl (C=O) groups excluding carboxylic acids is 3. The number of Topliss-reactive ketones (excluding diaryl/α,β-unsaturated/α-hetero) is 1. The molecule has 0 unspecified atom stereocenters. The van der Waals surface area contributed by atoms with Crippen molar-refractivity contribution in [1.29, 1.82) is 0 Å². The molecule has 0 saturated carbocycles. The molecule has 0 spiro atoms. The molecule has 1 heterocycles. The van der Waals surface area contributed by atoms with Crippen LogP contribution < -0.4 is 15.5 Å². The number of ketones is 1. The number of nitrogens with zero attached hydrogens (tertiary/aromatic N) is 1. The predicted octanol–water partition coefficient (Wildman–Crippen LogP) is 4.31. The topological polar surface area (TPSA) is 110 Å². The first-order valence-electron chi connectivity index (χ1n) is 10.8. The summed E-state index contributed by atoms with van der Waals surface area (Å²) in [5, 5.41) is 16.6. The number of hydrogen-bond acceptors (Lipinski definition) is 5. The Morgan fingerprint density at radius 1 is 1.06 bits per heavy atom. The standard InChI is InChI=1S/C25H29N3O5/c1-5-20(29)21-18-12-11-17(27-24(32)26-14-13-16-9-7-6-8-10-16)15-19(18)28(22(21)30)33-23(31)25(2,3)4/h6-12,15,30H,5,13-14H2,1-4H3,(H2,26,27,32). The van der Waals surface area contributed by atoms with Gasteiger partial charge < -0.3 is 20.6 Å². The van der Waals surface area contributed by atoms with Gasteiger partial charge in [0.15, 0.2) is 5.78 Å². The normalized spacial score (nSPS) is 11.3. The predicted molar refractivity (Wildman–Crippen MR) is 126 cm³/mol. The Labute approximate surface area is 192 Å². The summed E-state index contributed by atoms with van der Waals surface area (Å²) in [5.74, 6) is -1.32. The highest BCUT2D eigenvalue weighted by Crippen LogP contribution is 2.34. The molecule has 0 radical (unpaired) electrons. The molecule has 0 atom stereocenters. The molecule has 33 heavy (non-hydrogen) atoms. The lowest BCUT2D eigenvalue weighted by Gasteiger charge is -2.17. The molecule has 0 aliphatic rings. The Bertz CT molecular complexity index is 1180. The summed E-state index contributed by atoms with van der Waals surface area (Å²) in [5.41, 5.74) is 1.08. The van der Waals surface area contributed by atoms with Crippen molar-refractivity contribution in [3.05, 3.63) is 59.7 Å². The van der Waals surface area contributed by atoms with E-state index >= 15 is 0 Å². The van der Waals surface area contributed by atoms with Crippen molar-refractivity contribution in [3.63, 3.8) is 0 Å². The van der Waals surface area contributed by atoms with Gasteiger partial charge >= 0.3 is 12.0 Å². The first kappa shape index (κ1) is 23.8. The average Bonchev–Trinajstić information content (AvgIpc) is 3.04. The monoisotopic (exact) mass is 451 g/mol. The number of aromatic hydroxyl groups is 1. The highest BCUT2D eigenvalue weighted by Gasteiger charge is 2.29. The molecule has 1 aromatic heterocycles. The van der Waals surface area contributed by atoms with Gasteiger partial charge in [-0.1, -0.05) is 37.3 Å². The van der Waals surface area contributed by atoms with E-state index in [4.69, 9.17) is 4.84 Å². The van der Waals surface area contributed by atoms with Crippen LogP contribution in [-0.2, 0) is 11.2 Å². The van der Waals surface area contributed by atoms with Crippen molar-refractivity contribution >= 4 is 34.4 Å². The Balaban J connectivity index is 1.84. The van der Waals surface area contributed by atoms with Crippen LogP contribution >= 0.6 is 0 Å². The molecular formula is C25H29N3O5. The minimum absolute atomic E-state index is 0.0769. The van der Waals surface area contributed by atoms with Gasteiger partial charge in [-0.3, -0.25) is 4.79 Å². The van der Waals surface area contributed by atoms with E-state index in [0.717, 1.165) is 10.3 Å². The summed E-state index contributed by atoms with van der Waals surface area (Å²) in [6.45, 7) is 7.18. The first-order chi connectivity index (χ1) is 15.6. The van der Waals surface area contributed by atoms with Gasteiger partial charge in [0.25, 0.3) is 0 Å². The fraction of sp³-hybridized carbons (Fsp3) is 0.320. The second-order valence-electron chi connectivity index (χ2n) is 8.75. The summed E-state index contributed by atoms with van der Waals surface area (Å²) in [7, 11) is 0. The number of fused-ring (bicyclic) bond motifs is 1. The maximum Gasteiger partial charge on any atom is 0.338 e. The van der Waals surface area contributed by atoms with Gasteiger partial charge in [0.1, 0.15) is 0 Å². The number of amides is 2. The van der Waals surface area contributed by atoms with Gasteiger partial charge in [-0.2, -0.15) is 0 Å². The minimum Gasteiger partial charge on any atom is -0.492 e. The van der Waals surface area contributed by atoms with Crippen molar-refractivity contribution in [2.24, 2.45) is 5.41 Å². The van der Waals surface area contributed by atoms with Crippen LogP contribution in [0.25, 0.3) is 10.9 Å². The molecule has 0 aliphatic carbocycles. The van der Waals surface area contributed by atoms with E-state index in [-0.39, 0.29) is 17.8 Å². The Hall–Kier alpha value is -3.81. The second kappa shape index (κ2) is 9.77. The number of nitrogens with one attached hydrogen (secondary N) is 2. The molecule has 3 aromatic rings. The second-order valence-corrected chi connectivity index (χ2v) is 8.75. The number of aromatic nitrogens is 1. The van der Waals surface area contributed by atoms with Crippen LogP contribution in [0, 0.1) is 5.41 Å². The van der Waals surface area contributed by atoms with Crippen molar-refractivity contribution in [3.8, 4) is 5.88 Å². The van der Waals surface area contributed by atoms with Gasteiger partial charge in [-0.25, -0.2) is 9.59 Å². The molecule has 0 bridgehead atoms. The fourth-order valence-corrected chi connectivity index (χ4v) is 3.23. The Morgan fingerprint density at radius 3 is 2.39 bits per heavy atom. The van der Waals surface area contributed by atoms with Crippen LogP contribution in [0.3, 0.4) is 0 Å². The van der Waals surface area contributed by atoms with Crippen LogP contribution in [0.1, 0.15) is 50.0 Å². The molecule has 0 saturated heterocycles. The van der Waals surface area contributed by atoms with Gasteiger partial charge in [0.05, 0.1) is 16.5 Å². The largest absolute Gasteiger partial charge is 0.492 e. The molecule has 2 aromatic carbocycles. The van der Waals surface area contributed by atoms with Gasteiger partial charge in [0.2, 0.25) is 5.88 Å². The van der Waals surface area contributed by atoms with Crippen molar-refractivity contribution in [2.75, 3.05) is 11.9 Å². The lowest BCUT2D eigenvalue weighted by atomic mass is 9.98. The van der Waals surface area contributed by atoms with Gasteiger partial charge in [-0.15, -0.1) is 4.73 Å². The highest BCUT2D eigenvalue weighted by atomic mass is 16.7. The van der Waals surface area contributed by atoms with E-state index in [1.807, 2.05) is 30.3 Å². The summed E-state index contributed by atoms with van der Waals surface area (Å²) >= 11 is 0. The quantitative estimate of drug-likeness (QED) is 0.464. The SMILES string of the molecule is CCC(=O)c1c(O)n(OC(=O)C(C)(C)C)c2cc(NC(=O)NCCc3ccccc3)ccc12. The van der Waals surface area contributed by atoms with Gasteiger partial charge in [-0.05, 0) is 51.0 Å². The van der Waals surface area contributed by atoms with E-state index in [1.165, 1.54) is 0 Å². The van der Waals surface area contributed by atoms with Crippen LogP contribution in [0.4, 0.5) is 10.5 Å². The van der Waals surface area contributed by atoms with E-state index < -0.39 is 23.3 Å². The number of carbonyl (C=O) groups is 3. The van der Waals surface area contributed by atoms with Crippen LogP contribution in [0.15, 0.2) is 48.5 Å². The molecule has 3 rings (SSSR count). The summed E-state index contributed by atoms with van der Waals surface area (Å²) in [6.07, 6.45) is 0.860. The number of benzene rings is 2. The average molecular weight is 452 g/mol. The number of urea groups is 1. The zero-order valence-corrected chi connectivity index (χ0v) is 19.3. The lowest BCUT2D eigenvalue weighted by molar-refractivity contribution is -0.153. The van der Waals surface area contributed by atoms with E-state index in [0.29, 0.717) is 29.6 Å². The molecule has 174 valence electrons. The molecular weight excluding hydrogens is 422 g/mol. The number of anilines is 1. The number of rotatable bonds is 7. The van der Waals surface area contributed by atoms with E-state index in [1.54, 1.807) is 45.9 Å². The smallest absolute Gasteiger partial charge is 0.338 e. The lowest BCUT2D eigenvalue weighted by Crippen LogP contribution is -2.31. The maximum atomic E-state index is 12.5. The van der Waals surface area contributed by atoms with Crippen molar-refractivity contribution in [1.82, 2.24) is 10.0 Å². The summed E-state index contributed by atoms with van der Waals surface area (Å²) in [4.78, 5) is 42.7. The Kier molecular flexibility index (Phi) is 7.06. The minimum atomic E-state index is -0.827. The third kappa shape index (κ3) is 5.52. The molecule has 0 aliphatic heterocycles. The maximum absolute atomic E-state index is 12.5. The fourth-order valence-electron chi connectivity index (χ4n) is 3.23. The molecule has 3 N–H and O–H groups in total. The number of hydrogen-bond donors (Lipinski definition) is 3. The summed E-state index contributed by atoms with van der Waals surface area (Å²) in [6, 6.07) is 14.2. The zero-order valence-electron chi connectivity index (χ0n) is 19.3. The Morgan fingerprint density at radius 2 is 1.76 bits per heavy atom. The summed E-state index contributed by atoms with van der Waals surface area (Å²) < 4.78 is 0.949. The zero-order chi connectivity index (χ0) is 24.2. The molecule has 0 fully saturated rings. The van der Waals surface area contributed by atoms with Crippen LogP contribution in [-0.4, -0.2) is 34.2 Å². The van der Waals surface area contributed by atoms with Crippen molar-refractivity contribution < 1.29 is 24.3 Å². The first-order valence-corrected chi connectivity index (χ1v) is 10.8.